The number of benzene rings is 1. The minimum absolute atomic E-state index is 0.169. The number of ether oxygens (including phenoxy) is 1. The van der Waals surface area contributed by atoms with E-state index in [0.717, 1.165) is 50.2 Å². The van der Waals surface area contributed by atoms with Crippen molar-refractivity contribution < 1.29 is 9.53 Å². The summed E-state index contributed by atoms with van der Waals surface area (Å²) in [5.74, 6) is 0. The molecule has 0 saturated heterocycles. The summed E-state index contributed by atoms with van der Waals surface area (Å²) >= 11 is 6.07. The summed E-state index contributed by atoms with van der Waals surface area (Å²) < 4.78 is 5.54. The third kappa shape index (κ3) is 5.35. The minimum Gasteiger partial charge on any atom is -0.444 e. The monoisotopic (exact) mass is 364 g/mol. The number of nitrogens with zero attached hydrogens (tertiary/aromatic N) is 1. The highest BCUT2D eigenvalue weighted by Gasteiger charge is 2.34. The molecule has 1 saturated carbocycles. The van der Waals surface area contributed by atoms with Crippen molar-refractivity contribution in [2.24, 2.45) is 0 Å². The number of halogens is 1. The van der Waals surface area contributed by atoms with Crippen LogP contribution in [-0.4, -0.2) is 41.8 Å². The molecule has 2 aliphatic carbocycles. The number of rotatable bonds is 6. The first-order valence-electron chi connectivity index (χ1n) is 9.32. The van der Waals surface area contributed by atoms with E-state index < -0.39 is 5.60 Å². The summed E-state index contributed by atoms with van der Waals surface area (Å²) in [6.07, 6.45) is 5.08. The van der Waals surface area contributed by atoms with E-state index in [-0.39, 0.29) is 6.09 Å². The van der Waals surface area contributed by atoms with Crippen LogP contribution in [0.5, 0.6) is 0 Å². The number of amides is 1. The highest BCUT2D eigenvalue weighted by atomic mass is 35.5. The summed E-state index contributed by atoms with van der Waals surface area (Å²) in [4.78, 5) is 14.3. The van der Waals surface area contributed by atoms with E-state index in [1.807, 2.05) is 31.7 Å². The molecule has 0 radical (unpaired) electrons. The van der Waals surface area contributed by atoms with Gasteiger partial charge in [0.1, 0.15) is 5.60 Å². The van der Waals surface area contributed by atoms with Gasteiger partial charge in [0.2, 0.25) is 0 Å². The van der Waals surface area contributed by atoms with Crippen LogP contribution in [0.2, 0.25) is 5.02 Å². The zero-order valence-corrected chi connectivity index (χ0v) is 16.2. The summed E-state index contributed by atoms with van der Waals surface area (Å²) in [5, 5.41) is 4.44. The van der Waals surface area contributed by atoms with Crippen molar-refractivity contribution in [1.82, 2.24) is 10.2 Å². The van der Waals surface area contributed by atoms with E-state index in [0.29, 0.717) is 12.1 Å². The topological polar surface area (TPSA) is 41.6 Å². The van der Waals surface area contributed by atoms with Crippen LogP contribution in [0, 0.1) is 0 Å². The summed E-state index contributed by atoms with van der Waals surface area (Å²) in [7, 11) is 0. The molecule has 0 bridgehead atoms. The van der Waals surface area contributed by atoms with Crippen LogP contribution in [0.15, 0.2) is 18.2 Å². The maximum atomic E-state index is 12.3. The predicted octanol–water partition coefficient (Wildman–Crippen LogP) is 4.19. The molecule has 1 N–H and O–H groups in total. The first-order chi connectivity index (χ1) is 11.8. The molecule has 0 aliphatic heterocycles. The highest BCUT2D eigenvalue weighted by molar-refractivity contribution is 6.30. The number of carbonyl (C=O) groups excluding carboxylic acids is 1. The van der Waals surface area contributed by atoms with Crippen LogP contribution < -0.4 is 5.32 Å². The summed E-state index contributed by atoms with van der Waals surface area (Å²) in [6, 6.07) is 7.04. The van der Waals surface area contributed by atoms with Crippen LogP contribution >= 0.6 is 11.6 Å². The second-order valence-electron chi connectivity index (χ2n) is 8.23. The lowest BCUT2D eigenvalue weighted by Gasteiger charge is -2.27. The van der Waals surface area contributed by atoms with E-state index in [9.17, 15) is 4.79 Å². The quantitative estimate of drug-likeness (QED) is 0.769. The molecule has 0 aromatic heterocycles. The summed E-state index contributed by atoms with van der Waals surface area (Å²) in [6.45, 7) is 7.43. The minimum atomic E-state index is -0.431. The van der Waals surface area contributed by atoms with E-state index in [2.05, 4.69) is 17.4 Å². The molecule has 1 amide bonds. The maximum Gasteiger partial charge on any atom is 0.410 e. The molecular weight excluding hydrogens is 336 g/mol. The first-order valence-corrected chi connectivity index (χ1v) is 9.70. The Morgan fingerprint density at radius 3 is 2.68 bits per heavy atom. The van der Waals surface area contributed by atoms with Crippen LogP contribution in [0.25, 0.3) is 0 Å². The van der Waals surface area contributed by atoms with Gasteiger partial charge in [-0.3, -0.25) is 0 Å². The predicted molar refractivity (Wildman–Crippen MR) is 101 cm³/mol. The zero-order valence-electron chi connectivity index (χ0n) is 15.5. The van der Waals surface area contributed by atoms with Gasteiger partial charge < -0.3 is 15.0 Å². The molecule has 138 valence electrons. The average molecular weight is 365 g/mol. The van der Waals surface area contributed by atoms with Gasteiger partial charge in [0, 0.05) is 23.7 Å². The van der Waals surface area contributed by atoms with Gasteiger partial charge in [-0.2, -0.15) is 0 Å². The van der Waals surface area contributed by atoms with E-state index in [4.69, 9.17) is 16.3 Å². The molecule has 25 heavy (non-hydrogen) atoms. The van der Waals surface area contributed by atoms with Gasteiger partial charge in [-0.15, -0.1) is 0 Å². The Labute approximate surface area is 155 Å². The molecule has 3 rings (SSSR count). The third-order valence-corrected chi connectivity index (χ3v) is 4.96. The van der Waals surface area contributed by atoms with Crippen molar-refractivity contribution in [3.63, 3.8) is 0 Å². The fraction of sp³-hybridized carbons (Fsp3) is 0.650. The molecule has 5 heteroatoms. The Morgan fingerprint density at radius 2 is 2.00 bits per heavy atom. The molecule has 1 aromatic rings. The maximum absolute atomic E-state index is 12.3. The van der Waals surface area contributed by atoms with Gasteiger partial charge in [-0.1, -0.05) is 17.7 Å². The van der Waals surface area contributed by atoms with Crippen molar-refractivity contribution in [3.8, 4) is 0 Å². The normalized spacial score (nSPS) is 19.6. The number of hydrogen-bond acceptors (Lipinski definition) is 3. The van der Waals surface area contributed by atoms with Crippen LogP contribution in [-0.2, 0) is 17.6 Å². The lowest BCUT2D eigenvalue weighted by atomic mass is 10.1. The fourth-order valence-corrected chi connectivity index (χ4v) is 3.61. The average Bonchev–Trinajstić information content (AvgIpc) is 3.25. The zero-order chi connectivity index (χ0) is 18.0. The standard InChI is InChI=1S/C20H29ClN2O2/c1-20(2,3)25-19(24)23(18-7-8-18)10-4-9-22-17-12-14-5-6-16(21)11-15(14)13-17/h5-6,11,17-18,22H,4,7-10,12-13H2,1-3H3. The number of fused-ring (bicyclic) bond motifs is 1. The van der Waals surface area contributed by atoms with Crippen LogP contribution in [0.1, 0.15) is 51.2 Å². The van der Waals surface area contributed by atoms with Crippen molar-refractivity contribution in [2.45, 2.75) is 70.6 Å². The van der Waals surface area contributed by atoms with Gasteiger partial charge in [-0.25, -0.2) is 4.79 Å². The summed E-state index contributed by atoms with van der Waals surface area (Å²) in [5.41, 5.74) is 2.33. The molecule has 1 fully saturated rings. The van der Waals surface area contributed by atoms with Crippen molar-refractivity contribution in [1.29, 1.82) is 0 Å². The van der Waals surface area contributed by atoms with Crippen LogP contribution in [0.4, 0.5) is 4.79 Å². The lowest BCUT2D eigenvalue weighted by Crippen LogP contribution is -2.40. The first kappa shape index (κ1) is 18.5. The second-order valence-corrected chi connectivity index (χ2v) is 8.67. The largest absolute Gasteiger partial charge is 0.444 e. The van der Waals surface area contributed by atoms with E-state index in [1.54, 1.807) is 0 Å². The molecule has 0 heterocycles. The Kier molecular flexibility index (Phi) is 5.59. The molecular formula is C20H29ClN2O2. The number of hydrogen-bond donors (Lipinski definition) is 1. The third-order valence-electron chi connectivity index (χ3n) is 4.73. The molecule has 1 atom stereocenters. The van der Waals surface area contributed by atoms with Gasteiger partial charge in [0.05, 0.1) is 0 Å². The fourth-order valence-electron chi connectivity index (χ4n) is 3.42. The SMILES string of the molecule is CC(C)(C)OC(=O)N(CCCNC1Cc2ccc(Cl)cc2C1)C1CC1. The van der Waals surface area contributed by atoms with Gasteiger partial charge in [-0.05, 0) is 82.7 Å². The number of carbonyl (C=O) groups is 1. The Balaban J connectivity index is 1.41. The van der Waals surface area contributed by atoms with Gasteiger partial charge in [0.15, 0.2) is 0 Å². The lowest BCUT2D eigenvalue weighted by molar-refractivity contribution is 0.0232. The van der Waals surface area contributed by atoms with Crippen molar-refractivity contribution >= 4 is 17.7 Å². The Bertz CT molecular complexity index is 623. The van der Waals surface area contributed by atoms with Crippen LogP contribution in [0.3, 0.4) is 0 Å². The van der Waals surface area contributed by atoms with Gasteiger partial charge in [0.25, 0.3) is 0 Å². The molecule has 1 unspecified atom stereocenters. The molecule has 2 aliphatic rings. The molecule has 1 aromatic carbocycles. The molecule has 4 nitrogen and oxygen atoms in total. The van der Waals surface area contributed by atoms with E-state index >= 15 is 0 Å². The second kappa shape index (κ2) is 7.55. The highest BCUT2D eigenvalue weighted by Crippen LogP contribution is 2.29. The van der Waals surface area contributed by atoms with Crippen molar-refractivity contribution in [3.05, 3.63) is 34.3 Å². The Hall–Kier alpha value is -1.26. The number of nitrogens with one attached hydrogen (secondary N) is 1. The Morgan fingerprint density at radius 1 is 1.28 bits per heavy atom. The van der Waals surface area contributed by atoms with Crippen molar-refractivity contribution in [2.75, 3.05) is 13.1 Å². The smallest absolute Gasteiger partial charge is 0.410 e. The van der Waals surface area contributed by atoms with Gasteiger partial charge >= 0.3 is 6.09 Å². The molecule has 0 spiro atoms. The van der Waals surface area contributed by atoms with E-state index in [1.165, 1.54) is 11.1 Å².